The molecule has 34 heavy (non-hydrogen) atoms. The van der Waals surface area contributed by atoms with Gasteiger partial charge in [0.05, 0.1) is 6.04 Å². The minimum atomic E-state index is -4.64. The number of alkyl halides is 5. The number of aromatic nitrogens is 1. The Balaban J connectivity index is 1.52. The van der Waals surface area contributed by atoms with Crippen LogP contribution in [0.2, 0.25) is 0 Å². The minimum Gasteiger partial charge on any atom is -0.350 e. The van der Waals surface area contributed by atoms with Gasteiger partial charge in [0, 0.05) is 18.0 Å². The van der Waals surface area contributed by atoms with E-state index in [9.17, 15) is 31.5 Å². The van der Waals surface area contributed by atoms with E-state index in [2.05, 4.69) is 20.9 Å². The van der Waals surface area contributed by atoms with Crippen LogP contribution in [0.4, 0.5) is 27.8 Å². The van der Waals surface area contributed by atoms with E-state index < -0.39 is 41.1 Å². The van der Waals surface area contributed by atoms with E-state index in [1.54, 1.807) is 0 Å². The normalized spacial score (nSPS) is 24.2. The summed E-state index contributed by atoms with van der Waals surface area (Å²) in [6.45, 7) is 3.51. The van der Waals surface area contributed by atoms with Gasteiger partial charge in [-0.2, -0.15) is 22.0 Å². The van der Waals surface area contributed by atoms with Gasteiger partial charge in [-0.15, -0.1) is 0 Å². The number of aryl methyl sites for hydroxylation is 1. The summed E-state index contributed by atoms with van der Waals surface area (Å²) in [7, 11) is 0. The number of unbranched alkanes of at least 4 members (excludes halogenated alkanes) is 3. The standard InChI is InChI=1S/C23H29F5N4O2/c1-3-4-5-6-7-10-22(24,25)20(34)29-13-21-11-15(30-17(21)12-21)19(33)32-18-14(2)8-9-16(31-18)23(26,27)28/h7-10,15,17,30H,3-6,11-13H2,1-2H3,(H,29,34)(H,31,32,33)/b10-7+/t15-,17+,21-/m0/s1. The van der Waals surface area contributed by atoms with Crippen LogP contribution in [0.1, 0.15) is 56.7 Å². The van der Waals surface area contributed by atoms with Gasteiger partial charge >= 0.3 is 12.1 Å². The third-order valence-electron chi connectivity index (χ3n) is 6.35. The molecule has 0 spiro atoms. The van der Waals surface area contributed by atoms with Crippen LogP contribution in [-0.4, -0.2) is 41.3 Å². The van der Waals surface area contributed by atoms with Crippen LogP contribution in [0.5, 0.6) is 0 Å². The lowest BCUT2D eigenvalue weighted by Crippen LogP contribution is -2.42. The van der Waals surface area contributed by atoms with E-state index in [4.69, 9.17) is 0 Å². The van der Waals surface area contributed by atoms with Crippen molar-refractivity contribution in [1.82, 2.24) is 15.6 Å². The molecular weight excluding hydrogens is 459 g/mol. The van der Waals surface area contributed by atoms with Gasteiger partial charge in [-0.1, -0.05) is 31.9 Å². The number of rotatable bonds is 10. The molecule has 3 N–H and O–H groups in total. The van der Waals surface area contributed by atoms with Gasteiger partial charge in [0.1, 0.15) is 11.5 Å². The van der Waals surface area contributed by atoms with Gasteiger partial charge < -0.3 is 16.0 Å². The number of fused-ring (bicyclic) bond motifs is 1. The number of piperidine rings is 1. The number of nitrogens with one attached hydrogen (secondary N) is 3. The molecule has 188 valence electrons. The molecule has 2 aliphatic rings. The number of carbonyl (C=O) groups is 2. The first-order valence-electron chi connectivity index (χ1n) is 11.3. The van der Waals surface area contributed by atoms with Crippen LogP contribution in [0.25, 0.3) is 0 Å². The summed E-state index contributed by atoms with van der Waals surface area (Å²) < 4.78 is 66.9. The molecule has 2 fully saturated rings. The number of halogens is 5. The van der Waals surface area contributed by atoms with E-state index >= 15 is 0 Å². The average molecular weight is 489 g/mol. The highest BCUT2D eigenvalue weighted by Crippen LogP contribution is 2.54. The van der Waals surface area contributed by atoms with Crippen LogP contribution in [-0.2, 0) is 15.8 Å². The maximum atomic E-state index is 14.1. The number of pyridine rings is 1. The zero-order chi connectivity index (χ0) is 25.1. The molecule has 1 saturated heterocycles. The summed E-state index contributed by atoms with van der Waals surface area (Å²) in [5.41, 5.74) is -1.28. The van der Waals surface area contributed by atoms with Crippen molar-refractivity contribution in [1.29, 1.82) is 0 Å². The number of amides is 2. The molecule has 0 bridgehead atoms. The summed E-state index contributed by atoms with van der Waals surface area (Å²) in [6, 6.07) is 1.19. The van der Waals surface area contributed by atoms with E-state index in [1.807, 2.05) is 6.92 Å². The number of hydrogen-bond donors (Lipinski definition) is 3. The zero-order valence-corrected chi connectivity index (χ0v) is 19.1. The molecule has 2 amide bonds. The molecule has 0 radical (unpaired) electrons. The lowest BCUT2D eigenvalue weighted by Gasteiger charge is -2.19. The van der Waals surface area contributed by atoms with Crippen LogP contribution in [0, 0.1) is 12.3 Å². The zero-order valence-electron chi connectivity index (χ0n) is 19.1. The Hall–Kier alpha value is -2.56. The Labute approximate surface area is 194 Å². The third kappa shape index (κ3) is 6.11. The number of carbonyl (C=O) groups excluding carboxylic acids is 2. The van der Waals surface area contributed by atoms with E-state index in [1.165, 1.54) is 19.1 Å². The second-order valence-corrected chi connectivity index (χ2v) is 9.10. The average Bonchev–Trinajstić information content (AvgIpc) is 3.31. The SMILES string of the molecule is CCCCC/C=C/C(F)(F)C(=O)NC[C@@]12C[C@@H](C(=O)Nc3nc(C(F)(F)F)ccc3C)N[C@@H]1C2. The highest BCUT2D eigenvalue weighted by atomic mass is 19.4. The highest BCUT2D eigenvalue weighted by molar-refractivity contribution is 5.95. The van der Waals surface area contributed by atoms with Crippen molar-refractivity contribution in [2.45, 2.75) is 76.6 Å². The lowest BCUT2D eigenvalue weighted by molar-refractivity contribution is -0.141. The van der Waals surface area contributed by atoms with Gasteiger partial charge in [-0.25, -0.2) is 4.98 Å². The summed E-state index contributed by atoms with van der Waals surface area (Å²) >= 11 is 0. The molecule has 3 rings (SSSR count). The Bertz CT molecular complexity index is 950. The molecule has 0 aromatic carbocycles. The van der Waals surface area contributed by atoms with Crippen molar-refractivity contribution in [2.75, 3.05) is 11.9 Å². The first-order valence-corrected chi connectivity index (χ1v) is 11.3. The van der Waals surface area contributed by atoms with Gasteiger partial charge in [-0.05, 0) is 50.3 Å². The van der Waals surface area contributed by atoms with Crippen LogP contribution in [0.15, 0.2) is 24.3 Å². The fourth-order valence-corrected chi connectivity index (χ4v) is 4.16. The topological polar surface area (TPSA) is 83.1 Å². The van der Waals surface area contributed by atoms with E-state index in [-0.39, 0.29) is 24.8 Å². The van der Waals surface area contributed by atoms with Gasteiger partial charge in [0.2, 0.25) is 5.91 Å². The van der Waals surface area contributed by atoms with Crippen molar-refractivity contribution >= 4 is 17.6 Å². The largest absolute Gasteiger partial charge is 0.433 e. The van der Waals surface area contributed by atoms with Crippen molar-refractivity contribution < 1.29 is 31.5 Å². The summed E-state index contributed by atoms with van der Waals surface area (Å²) in [4.78, 5) is 28.1. The first kappa shape index (κ1) is 26.1. The molecule has 6 nitrogen and oxygen atoms in total. The molecule has 1 aromatic rings. The van der Waals surface area contributed by atoms with Gasteiger partial charge in [-0.3, -0.25) is 9.59 Å². The Morgan fingerprint density at radius 3 is 2.62 bits per heavy atom. The Kier molecular flexibility index (Phi) is 7.64. The number of hydrogen-bond acceptors (Lipinski definition) is 4. The lowest BCUT2D eigenvalue weighted by atomic mass is 9.99. The van der Waals surface area contributed by atoms with Crippen molar-refractivity contribution in [3.05, 3.63) is 35.5 Å². The van der Waals surface area contributed by atoms with Crippen LogP contribution < -0.4 is 16.0 Å². The van der Waals surface area contributed by atoms with Crippen LogP contribution in [0.3, 0.4) is 0 Å². The summed E-state index contributed by atoms with van der Waals surface area (Å²) in [6.07, 6.45) is 1.31. The molecule has 2 heterocycles. The quantitative estimate of drug-likeness (QED) is 0.260. The minimum absolute atomic E-state index is 0.0205. The predicted octanol–water partition coefficient (Wildman–Crippen LogP) is 4.36. The fraction of sp³-hybridized carbons (Fsp3) is 0.609. The molecule has 3 atom stereocenters. The monoisotopic (exact) mass is 488 g/mol. The first-order chi connectivity index (χ1) is 15.9. The highest BCUT2D eigenvalue weighted by Gasteiger charge is 2.61. The maximum absolute atomic E-state index is 14.1. The van der Waals surface area contributed by atoms with Crippen molar-refractivity contribution in [3.8, 4) is 0 Å². The second-order valence-electron chi connectivity index (χ2n) is 9.10. The number of nitrogens with zero attached hydrogens (tertiary/aromatic N) is 1. The molecule has 1 saturated carbocycles. The molecule has 1 aliphatic carbocycles. The van der Waals surface area contributed by atoms with Gasteiger partial charge in [0.15, 0.2) is 0 Å². The van der Waals surface area contributed by atoms with Crippen molar-refractivity contribution in [3.63, 3.8) is 0 Å². The van der Waals surface area contributed by atoms with Crippen LogP contribution >= 0.6 is 0 Å². The molecule has 1 aromatic heterocycles. The van der Waals surface area contributed by atoms with Gasteiger partial charge in [0.25, 0.3) is 5.91 Å². The Morgan fingerprint density at radius 1 is 1.21 bits per heavy atom. The Morgan fingerprint density at radius 2 is 1.94 bits per heavy atom. The smallest absolute Gasteiger partial charge is 0.350 e. The van der Waals surface area contributed by atoms with E-state index in [0.717, 1.165) is 25.3 Å². The number of allylic oxidation sites excluding steroid dienone is 1. The molecule has 1 aliphatic heterocycles. The predicted molar refractivity (Wildman–Crippen MR) is 116 cm³/mol. The second kappa shape index (κ2) is 9.97. The van der Waals surface area contributed by atoms with Crippen molar-refractivity contribution in [2.24, 2.45) is 5.41 Å². The maximum Gasteiger partial charge on any atom is 0.433 e. The molecule has 0 unspecified atom stereocenters. The molecule has 11 heteroatoms. The van der Waals surface area contributed by atoms with E-state index in [0.29, 0.717) is 24.5 Å². The summed E-state index contributed by atoms with van der Waals surface area (Å²) in [5, 5.41) is 7.77. The fourth-order valence-electron chi connectivity index (χ4n) is 4.16. The third-order valence-corrected chi connectivity index (χ3v) is 6.35. The molecular formula is C23H29F5N4O2. The number of anilines is 1. The summed E-state index contributed by atoms with van der Waals surface area (Å²) in [5.74, 6) is -5.76.